The summed E-state index contributed by atoms with van der Waals surface area (Å²) in [5.74, 6) is 0.533. The van der Waals surface area contributed by atoms with Crippen LogP contribution in [-0.4, -0.2) is 21.1 Å². The summed E-state index contributed by atoms with van der Waals surface area (Å²) in [4.78, 5) is 19.4. The molecule has 0 bridgehead atoms. The SMILES string of the molecule is Cc1cccnc1N1C(=O)c2[nH]nc(CC(C)C)c2C1c1ccc(F)cc1. The molecule has 0 radical (unpaired) electrons. The summed E-state index contributed by atoms with van der Waals surface area (Å²) in [6.07, 6.45) is 2.43. The number of hydrogen-bond donors (Lipinski definition) is 1. The van der Waals surface area contributed by atoms with Crippen molar-refractivity contribution >= 4 is 11.7 Å². The van der Waals surface area contributed by atoms with E-state index < -0.39 is 0 Å². The minimum absolute atomic E-state index is 0.163. The molecule has 1 aliphatic heterocycles. The zero-order chi connectivity index (χ0) is 19.1. The molecule has 3 heterocycles. The van der Waals surface area contributed by atoms with Crippen molar-refractivity contribution in [2.45, 2.75) is 33.2 Å². The Hall–Kier alpha value is -3.02. The lowest BCUT2D eigenvalue weighted by Gasteiger charge is -2.26. The Morgan fingerprint density at radius 1 is 1.22 bits per heavy atom. The first-order valence-corrected chi connectivity index (χ1v) is 9.05. The summed E-state index contributed by atoms with van der Waals surface area (Å²) in [7, 11) is 0. The summed E-state index contributed by atoms with van der Waals surface area (Å²) in [5.41, 5.74) is 3.97. The molecular formula is C21H21FN4O. The topological polar surface area (TPSA) is 61.9 Å². The average Bonchev–Trinajstić information content (AvgIpc) is 3.15. The minimum atomic E-state index is -0.380. The van der Waals surface area contributed by atoms with Gasteiger partial charge in [-0.2, -0.15) is 5.10 Å². The van der Waals surface area contributed by atoms with Crippen molar-refractivity contribution in [1.82, 2.24) is 15.2 Å². The van der Waals surface area contributed by atoms with Crippen LogP contribution in [0.1, 0.15) is 52.8 Å². The number of aromatic nitrogens is 3. The summed E-state index contributed by atoms with van der Waals surface area (Å²) in [6, 6.07) is 9.68. The Bertz CT molecular complexity index is 994. The summed E-state index contributed by atoms with van der Waals surface area (Å²) >= 11 is 0. The van der Waals surface area contributed by atoms with Crippen LogP contribution in [-0.2, 0) is 6.42 Å². The molecule has 1 amide bonds. The van der Waals surface area contributed by atoms with E-state index in [0.717, 1.165) is 28.8 Å². The van der Waals surface area contributed by atoms with E-state index in [4.69, 9.17) is 0 Å². The first-order chi connectivity index (χ1) is 13.0. The molecule has 1 aliphatic rings. The number of amides is 1. The highest BCUT2D eigenvalue weighted by molar-refractivity contribution is 6.10. The maximum Gasteiger partial charge on any atom is 0.278 e. The fourth-order valence-electron chi connectivity index (χ4n) is 3.66. The standard InChI is InChI=1S/C21H21FN4O/c1-12(2)11-16-17-18(25-24-16)21(27)26(20-13(3)5-4-10-23-20)19(17)14-6-8-15(22)9-7-14/h4-10,12,19H,11H2,1-3H3,(H,24,25). The van der Waals surface area contributed by atoms with E-state index in [0.29, 0.717) is 17.4 Å². The fraction of sp³-hybridized carbons (Fsp3) is 0.286. The number of anilines is 1. The maximum absolute atomic E-state index is 13.5. The predicted molar refractivity (Wildman–Crippen MR) is 101 cm³/mol. The van der Waals surface area contributed by atoms with Gasteiger partial charge in [0.1, 0.15) is 17.3 Å². The van der Waals surface area contributed by atoms with Gasteiger partial charge in [-0.25, -0.2) is 9.37 Å². The normalized spacial score (nSPS) is 16.3. The Labute approximate surface area is 157 Å². The van der Waals surface area contributed by atoms with Crippen LogP contribution in [0.5, 0.6) is 0 Å². The minimum Gasteiger partial charge on any atom is -0.279 e. The van der Waals surface area contributed by atoms with Crippen molar-refractivity contribution in [1.29, 1.82) is 0 Å². The third-order valence-electron chi connectivity index (χ3n) is 4.84. The second-order valence-electron chi connectivity index (χ2n) is 7.33. The lowest BCUT2D eigenvalue weighted by molar-refractivity contribution is 0.0988. The van der Waals surface area contributed by atoms with Crippen LogP contribution in [0.2, 0.25) is 0 Å². The van der Waals surface area contributed by atoms with Gasteiger partial charge in [0.15, 0.2) is 0 Å². The summed E-state index contributed by atoms with van der Waals surface area (Å²) < 4.78 is 13.5. The molecular weight excluding hydrogens is 343 g/mol. The molecule has 1 atom stereocenters. The highest BCUT2D eigenvalue weighted by Gasteiger charge is 2.43. The molecule has 1 N–H and O–H groups in total. The lowest BCUT2D eigenvalue weighted by Crippen LogP contribution is -2.31. The molecule has 2 aromatic heterocycles. The molecule has 6 heteroatoms. The van der Waals surface area contributed by atoms with Crippen LogP contribution < -0.4 is 4.90 Å². The van der Waals surface area contributed by atoms with Gasteiger partial charge < -0.3 is 0 Å². The number of carbonyl (C=O) groups is 1. The summed E-state index contributed by atoms with van der Waals surface area (Å²) in [5, 5.41) is 7.33. The van der Waals surface area contributed by atoms with E-state index in [2.05, 4.69) is 29.0 Å². The number of hydrogen-bond acceptors (Lipinski definition) is 3. The van der Waals surface area contributed by atoms with Crippen LogP contribution in [0, 0.1) is 18.7 Å². The quantitative estimate of drug-likeness (QED) is 0.755. The van der Waals surface area contributed by atoms with E-state index in [1.807, 2.05) is 19.1 Å². The number of rotatable bonds is 4. The largest absolute Gasteiger partial charge is 0.279 e. The molecule has 27 heavy (non-hydrogen) atoms. The first kappa shape index (κ1) is 17.4. The fourth-order valence-corrected chi connectivity index (χ4v) is 3.66. The van der Waals surface area contributed by atoms with E-state index in [9.17, 15) is 9.18 Å². The van der Waals surface area contributed by atoms with Crippen molar-refractivity contribution in [2.75, 3.05) is 4.90 Å². The number of aromatic amines is 1. The number of pyridine rings is 1. The molecule has 3 aromatic rings. The van der Waals surface area contributed by atoms with Crippen molar-refractivity contribution in [2.24, 2.45) is 5.92 Å². The molecule has 4 rings (SSSR count). The molecule has 1 unspecified atom stereocenters. The number of fused-ring (bicyclic) bond motifs is 1. The van der Waals surface area contributed by atoms with Crippen molar-refractivity contribution in [3.8, 4) is 0 Å². The monoisotopic (exact) mass is 364 g/mol. The van der Waals surface area contributed by atoms with E-state index >= 15 is 0 Å². The molecule has 0 fully saturated rings. The second kappa shape index (κ2) is 6.61. The average molecular weight is 364 g/mol. The second-order valence-corrected chi connectivity index (χ2v) is 7.33. The Balaban J connectivity index is 1.91. The number of nitrogens with one attached hydrogen (secondary N) is 1. The number of aryl methyl sites for hydroxylation is 1. The zero-order valence-corrected chi connectivity index (χ0v) is 15.5. The smallest absolute Gasteiger partial charge is 0.278 e. The van der Waals surface area contributed by atoms with Crippen molar-refractivity contribution in [3.05, 3.63) is 76.5 Å². The van der Waals surface area contributed by atoms with Crippen LogP contribution >= 0.6 is 0 Å². The number of carbonyl (C=O) groups excluding carboxylic acids is 1. The van der Waals surface area contributed by atoms with Gasteiger partial charge >= 0.3 is 0 Å². The third kappa shape index (κ3) is 2.91. The van der Waals surface area contributed by atoms with Crippen LogP contribution in [0.4, 0.5) is 10.2 Å². The third-order valence-corrected chi connectivity index (χ3v) is 4.84. The van der Waals surface area contributed by atoms with Crippen LogP contribution in [0.3, 0.4) is 0 Å². The molecule has 0 spiro atoms. The van der Waals surface area contributed by atoms with Crippen LogP contribution in [0.15, 0.2) is 42.6 Å². The molecule has 5 nitrogen and oxygen atoms in total. The van der Waals surface area contributed by atoms with Crippen LogP contribution in [0.25, 0.3) is 0 Å². The molecule has 0 aliphatic carbocycles. The van der Waals surface area contributed by atoms with Gasteiger partial charge in [0.05, 0.1) is 11.7 Å². The number of nitrogens with zero attached hydrogens (tertiary/aromatic N) is 3. The number of benzene rings is 1. The van der Waals surface area contributed by atoms with Gasteiger partial charge in [0, 0.05) is 11.8 Å². The Morgan fingerprint density at radius 2 is 1.96 bits per heavy atom. The Morgan fingerprint density at radius 3 is 2.63 bits per heavy atom. The summed E-state index contributed by atoms with van der Waals surface area (Å²) in [6.45, 7) is 6.16. The maximum atomic E-state index is 13.5. The highest BCUT2D eigenvalue weighted by atomic mass is 19.1. The predicted octanol–water partition coefficient (Wildman–Crippen LogP) is 4.20. The van der Waals surface area contributed by atoms with Gasteiger partial charge in [-0.15, -0.1) is 0 Å². The number of halogens is 1. The van der Waals surface area contributed by atoms with Gasteiger partial charge in [-0.05, 0) is 48.6 Å². The lowest BCUT2D eigenvalue weighted by atomic mass is 9.95. The molecule has 1 aromatic carbocycles. The highest BCUT2D eigenvalue weighted by Crippen LogP contribution is 2.43. The molecule has 138 valence electrons. The van der Waals surface area contributed by atoms with Crippen molar-refractivity contribution < 1.29 is 9.18 Å². The van der Waals surface area contributed by atoms with Gasteiger partial charge in [-0.1, -0.05) is 32.0 Å². The number of H-pyrrole nitrogens is 1. The molecule has 0 saturated heterocycles. The van der Waals surface area contributed by atoms with E-state index in [-0.39, 0.29) is 17.8 Å². The van der Waals surface area contributed by atoms with Gasteiger partial charge in [0.25, 0.3) is 5.91 Å². The van der Waals surface area contributed by atoms with E-state index in [1.165, 1.54) is 12.1 Å². The van der Waals surface area contributed by atoms with Gasteiger partial charge in [0.2, 0.25) is 0 Å². The molecule has 0 saturated carbocycles. The Kier molecular flexibility index (Phi) is 4.26. The van der Waals surface area contributed by atoms with Crippen molar-refractivity contribution in [3.63, 3.8) is 0 Å². The first-order valence-electron chi connectivity index (χ1n) is 9.05. The van der Waals surface area contributed by atoms with Gasteiger partial charge in [-0.3, -0.25) is 14.8 Å². The zero-order valence-electron chi connectivity index (χ0n) is 15.5. The van der Waals surface area contributed by atoms with E-state index in [1.54, 1.807) is 23.2 Å².